The summed E-state index contributed by atoms with van der Waals surface area (Å²) >= 11 is 0. The third-order valence-corrected chi connectivity index (χ3v) is 6.42. The molecule has 0 heterocycles. The van der Waals surface area contributed by atoms with E-state index in [1.54, 1.807) is 24.3 Å². The smallest absolute Gasteiger partial charge is 0.306 e. The van der Waals surface area contributed by atoms with Crippen molar-refractivity contribution in [3.8, 4) is 0 Å². The lowest BCUT2D eigenvalue weighted by Crippen LogP contribution is -2.26. The molecule has 4 rings (SSSR count). The van der Waals surface area contributed by atoms with Crippen molar-refractivity contribution in [2.24, 2.45) is 17.8 Å². The number of ether oxygens (including phenoxy) is 1. The first-order valence-corrected chi connectivity index (χ1v) is 10.9. The van der Waals surface area contributed by atoms with Crippen LogP contribution in [0.5, 0.6) is 0 Å². The topological polar surface area (TPSA) is 84.5 Å². The maximum atomic E-state index is 12.6. The number of hydrogen-bond donors (Lipinski definition) is 2. The van der Waals surface area contributed by atoms with Gasteiger partial charge in [0.15, 0.2) is 6.61 Å². The number of anilines is 1. The number of nitrogens with one attached hydrogen (secondary N) is 2. The molecule has 2 aliphatic rings. The maximum Gasteiger partial charge on any atom is 0.306 e. The van der Waals surface area contributed by atoms with E-state index in [9.17, 15) is 14.4 Å². The molecule has 0 spiro atoms. The number of carbonyl (C=O) groups excluding carboxylic acids is 3. The summed E-state index contributed by atoms with van der Waals surface area (Å²) in [6.07, 6.45) is 5.25. The van der Waals surface area contributed by atoms with Crippen LogP contribution < -0.4 is 10.6 Å². The Morgan fingerprint density at radius 2 is 1.71 bits per heavy atom. The Labute approximate surface area is 182 Å². The van der Waals surface area contributed by atoms with Gasteiger partial charge in [-0.1, -0.05) is 48.9 Å². The zero-order chi connectivity index (χ0) is 21.6. The molecule has 31 heavy (non-hydrogen) atoms. The first kappa shape index (κ1) is 21.1. The zero-order valence-corrected chi connectivity index (χ0v) is 17.5. The summed E-state index contributed by atoms with van der Waals surface area (Å²) in [5, 5.41) is 5.55. The van der Waals surface area contributed by atoms with Gasteiger partial charge in [-0.15, -0.1) is 0 Å². The Morgan fingerprint density at radius 3 is 2.45 bits per heavy atom. The van der Waals surface area contributed by atoms with Gasteiger partial charge in [0, 0.05) is 13.0 Å². The molecule has 0 saturated heterocycles. The monoisotopic (exact) mass is 420 g/mol. The Hall–Kier alpha value is -3.15. The fourth-order valence-electron chi connectivity index (χ4n) is 4.90. The van der Waals surface area contributed by atoms with E-state index in [-0.39, 0.29) is 18.5 Å². The van der Waals surface area contributed by atoms with E-state index in [1.165, 1.54) is 19.3 Å². The van der Waals surface area contributed by atoms with Crippen molar-refractivity contribution in [1.29, 1.82) is 0 Å². The van der Waals surface area contributed by atoms with Crippen LogP contribution in [-0.2, 0) is 20.9 Å². The van der Waals surface area contributed by atoms with E-state index < -0.39 is 5.91 Å². The largest absolute Gasteiger partial charge is 0.456 e. The second kappa shape index (κ2) is 9.77. The summed E-state index contributed by atoms with van der Waals surface area (Å²) in [5.74, 6) is 0.769. The van der Waals surface area contributed by atoms with E-state index in [0.717, 1.165) is 17.9 Å². The molecule has 2 aromatic rings. The lowest BCUT2D eigenvalue weighted by atomic mass is 9.86. The minimum atomic E-state index is -0.454. The molecule has 2 fully saturated rings. The predicted molar refractivity (Wildman–Crippen MR) is 117 cm³/mol. The highest BCUT2D eigenvalue weighted by Crippen LogP contribution is 2.49. The summed E-state index contributed by atoms with van der Waals surface area (Å²) in [7, 11) is 0. The third kappa shape index (κ3) is 5.51. The van der Waals surface area contributed by atoms with Crippen LogP contribution in [-0.4, -0.2) is 24.4 Å². The fourth-order valence-corrected chi connectivity index (χ4v) is 4.90. The minimum absolute atomic E-state index is 0.284. The van der Waals surface area contributed by atoms with Crippen LogP contribution in [0.1, 0.15) is 48.0 Å². The van der Waals surface area contributed by atoms with Gasteiger partial charge in [0.2, 0.25) is 0 Å². The molecule has 0 unspecified atom stereocenters. The van der Waals surface area contributed by atoms with Gasteiger partial charge in [0.05, 0.1) is 11.3 Å². The van der Waals surface area contributed by atoms with Crippen LogP contribution in [0.25, 0.3) is 0 Å². The summed E-state index contributed by atoms with van der Waals surface area (Å²) in [5.41, 5.74) is 1.74. The van der Waals surface area contributed by atoms with E-state index >= 15 is 0 Å². The molecule has 162 valence electrons. The van der Waals surface area contributed by atoms with Gasteiger partial charge in [-0.25, -0.2) is 0 Å². The normalized spacial score (nSPS) is 21.5. The number of esters is 1. The number of carbonyl (C=O) groups is 3. The molecule has 2 amide bonds. The first-order chi connectivity index (χ1) is 15.1. The summed E-state index contributed by atoms with van der Waals surface area (Å²) in [6, 6.07) is 16.4. The van der Waals surface area contributed by atoms with Gasteiger partial charge < -0.3 is 15.4 Å². The number of para-hydroxylation sites is 1. The SMILES string of the molecule is O=C(COC(=O)C[C@H]1C[C@H]2CC[C@@H]1C2)Nc1ccccc1C(=O)NCc1ccccc1. The van der Waals surface area contributed by atoms with E-state index in [0.29, 0.717) is 36.1 Å². The van der Waals surface area contributed by atoms with Gasteiger partial charge in [0.25, 0.3) is 11.8 Å². The molecule has 6 nitrogen and oxygen atoms in total. The molecular weight excluding hydrogens is 392 g/mol. The molecule has 3 atom stereocenters. The predicted octanol–water partition coefficient (Wildman–Crippen LogP) is 3.92. The second-order valence-corrected chi connectivity index (χ2v) is 8.56. The second-order valence-electron chi connectivity index (χ2n) is 8.56. The molecule has 2 aromatic carbocycles. The van der Waals surface area contributed by atoms with Crippen molar-refractivity contribution in [1.82, 2.24) is 5.32 Å². The highest BCUT2D eigenvalue weighted by molar-refractivity contribution is 6.04. The van der Waals surface area contributed by atoms with Gasteiger partial charge >= 0.3 is 5.97 Å². The molecule has 2 saturated carbocycles. The standard InChI is InChI=1S/C25H28N2O4/c28-23(16-31-24(29)14-20-13-18-10-11-19(20)12-18)27-22-9-5-4-8-21(22)25(30)26-15-17-6-2-1-3-7-17/h1-9,18-20H,10-16H2,(H,26,30)(H,27,28)/t18-,19+,20+/m0/s1. The molecular formula is C25H28N2O4. The number of amides is 2. The van der Waals surface area contributed by atoms with Crippen molar-refractivity contribution in [2.75, 3.05) is 11.9 Å². The van der Waals surface area contributed by atoms with Crippen LogP contribution in [0.15, 0.2) is 54.6 Å². The zero-order valence-electron chi connectivity index (χ0n) is 17.5. The summed E-state index contributed by atoms with van der Waals surface area (Å²) in [4.78, 5) is 37.1. The number of fused-ring (bicyclic) bond motifs is 2. The molecule has 0 aromatic heterocycles. The molecule has 0 radical (unpaired) electrons. The molecule has 2 N–H and O–H groups in total. The fraction of sp³-hybridized carbons (Fsp3) is 0.400. The Bertz CT molecular complexity index is 944. The highest BCUT2D eigenvalue weighted by atomic mass is 16.5. The number of rotatable bonds is 8. The lowest BCUT2D eigenvalue weighted by Gasteiger charge is -2.20. The van der Waals surface area contributed by atoms with Crippen molar-refractivity contribution >= 4 is 23.5 Å². The molecule has 0 aliphatic heterocycles. The maximum absolute atomic E-state index is 12.6. The van der Waals surface area contributed by atoms with Crippen LogP contribution >= 0.6 is 0 Å². The van der Waals surface area contributed by atoms with Crippen LogP contribution in [0.3, 0.4) is 0 Å². The Morgan fingerprint density at radius 1 is 0.935 bits per heavy atom. The van der Waals surface area contributed by atoms with Crippen LogP contribution in [0.2, 0.25) is 0 Å². The highest BCUT2D eigenvalue weighted by Gasteiger charge is 2.40. The Balaban J connectivity index is 1.26. The van der Waals surface area contributed by atoms with Crippen molar-refractivity contribution in [2.45, 2.75) is 38.6 Å². The minimum Gasteiger partial charge on any atom is -0.456 e. The van der Waals surface area contributed by atoms with Gasteiger partial charge in [-0.2, -0.15) is 0 Å². The van der Waals surface area contributed by atoms with Gasteiger partial charge in [-0.3, -0.25) is 14.4 Å². The third-order valence-electron chi connectivity index (χ3n) is 6.42. The van der Waals surface area contributed by atoms with Crippen molar-refractivity contribution in [3.05, 3.63) is 65.7 Å². The van der Waals surface area contributed by atoms with Crippen LogP contribution in [0, 0.1) is 17.8 Å². The number of hydrogen-bond acceptors (Lipinski definition) is 4. The summed E-state index contributed by atoms with van der Waals surface area (Å²) in [6.45, 7) is 0.0439. The lowest BCUT2D eigenvalue weighted by molar-refractivity contribution is -0.148. The summed E-state index contributed by atoms with van der Waals surface area (Å²) < 4.78 is 5.20. The van der Waals surface area contributed by atoms with E-state index in [4.69, 9.17) is 4.74 Å². The van der Waals surface area contributed by atoms with E-state index in [1.807, 2.05) is 30.3 Å². The first-order valence-electron chi connectivity index (χ1n) is 10.9. The Kier molecular flexibility index (Phi) is 6.65. The van der Waals surface area contributed by atoms with Gasteiger partial charge in [-0.05, 0) is 54.7 Å². The number of benzene rings is 2. The van der Waals surface area contributed by atoms with Crippen molar-refractivity contribution in [3.63, 3.8) is 0 Å². The quantitative estimate of drug-likeness (QED) is 0.634. The van der Waals surface area contributed by atoms with Crippen LogP contribution in [0.4, 0.5) is 5.69 Å². The van der Waals surface area contributed by atoms with Crippen molar-refractivity contribution < 1.29 is 19.1 Å². The van der Waals surface area contributed by atoms with E-state index in [2.05, 4.69) is 10.6 Å². The average molecular weight is 421 g/mol. The average Bonchev–Trinajstić information content (AvgIpc) is 3.40. The van der Waals surface area contributed by atoms with Gasteiger partial charge in [0.1, 0.15) is 0 Å². The molecule has 6 heteroatoms. The molecule has 2 bridgehead atoms. The molecule has 2 aliphatic carbocycles.